The van der Waals surface area contributed by atoms with Crippen molar-refractivity contribution in [1.29, 1.82) is 0 Å². The Labute approximate surface area is 138 Å². The lowest BCUT2D eigenvalue weighted by molar-refractivity contribution is 0.249. The third-order valence-electron chi connectivity index (χ3n) is 2.93. The number of thiophene rings is 1. The van der Waals surface area contributed by atoms with E-state index in [2.05, 4.69) is 10.6 Å². The van der Waals surface area contributed by atoms with Gasteiger partial charge in [-0.25, -0.2) is 13.2 Å². The molecule has 0 saturated heterocycles. The fourth-order valence-corrected chi connectivity index (χ4v) is 3.34. The third kappa shape index (κ3) is 4.22. The highest BCUT2D eigenvalue weighted by atomic mass is 35.5. The van der Waals surface area contributed by atoms with Crippen LogP contribution in [-0.2, 0) is 9.84 Å². The lowest BCUT2D eigenvalue weighted by atomic mass is 10.3. The monoisotopic (exact) mass is 358 g/mol. The van der Waals surface area contributed by atoms with Crippen LogP contribution in [0.25, 0.3) is 0 Å². The summed E-state index contributed by atoms with van der Waals surface area (Å²) in [7, 11) is -3.37. The second kappa shape index (κ2) is 6.68. The smallest absolute Gasteiger partial charge is 0.319 e. The molecule has 2 rings (SSSR count). The van der Waals surface area contributed by atoms with Crippen LogP contribution in [0.3, 0.4) is 0 Å². The van der Waals surface area contributed by atoms with Crippen molar-refractivity contribution in [2.75, 3.05) is 11.6 Å². The number of nitrogens with one attached hydrogen (secondary N) is 2. The van der Waals surface area contributed by atoms with E-state index in [1.807, 2.05) is 24.4 Å². The molecule has 0 spiro atoms. The Balaban J connectivity index is 2.11. The Morgan fingerprint density at radius 3 is 2.64 bits per heavy atom. The van der Waals surface area contributed by atoms with Crippen molar-refractivity contribution in [2.24, 2.45) is 0 Å². The molecule has 1 atom stereocenters. The van der Waals surface area contributed by atoms with Crippen molar-refractivity contribution >= 4 is 44.5 Å². The van der Waals surface area contributed by atoms with Gasteiger partial charge in [0.05, 0.1) is 21.6 Å². The van der Waals surface area contributed by atoms with E-state index < -0.39 is 15.9 Å². The SMILES string of the molecule is C[C@@H](NC(=O)Nc1cc(S(C)(=O)=O)ccc1Cl)c1cccs1. The Hall–Kier alpha value is -1.57. The van der Waals surface area contributed by atoms with E-state index in [0.717, 1.165) is 11.1 Å². The summed E-state index contributed by atoms with van der Waals surface area (Å²) < 4.78 is 23.1. The van der Waals surface area contributed by atoms with Gasteiger partial charge in [0.15, 0.2) is 9.84 Å². The van der Waals surface area contributed by atoms with Crippen LogP contribution in [-0.4, -0.2) is 20.7 Å². The maximum atomic E-state index is 12.0. The summed E-state index contributed by atoms with van der Waals surface area (Å²) in [5, 5.41) is 7.54. The quantitative estimate of drug-likeness (QED) is 0.875. The number of sulfone groups is 1. The molecule has 8 heteroatoms. The highest BCUT2D eigenvalue weighted by Gasteiger charge is 2.14. The molecular weight excluding hydrogens is 344 g/mol. The fourth-order valence-electron chi connectivity index (χ4n) is 1.79. The predicted octanol–water partition coefficient (Wildman–Crippen LogP) is 3.69. The highest BCUT2D eigenvalue weighted by Crippen LogP contribution is 2.25. The molecule has 2 amide bonds. The van der Waals surface area contributed by atoms with E-state index in [-0.39, 0.29) is 21.6 Å². The number of amides is 2. The summed E-state index contributed by atoms with van der Waals surface area (Å²) in [5.74, 6) is 0. The van der Waals surface area contributed by atoms with Gasteiger partial charge in [-0.15, -0.1) is 11.3 Å². The molecule has 0 fully saturated rings. The van der Waals surface area contributed by atoms with Crippen molar-refractivity contribution in [3.8, 4) is 0 Å². The van der Waals surface area contributed by atoms with Crippen molar-refractivity contribution in [3.63, 3.8) is 0 Å². The largest absolute Gasteiger partial charge is 0.331 e. The maximum absolute atomic E-state index is 12.0. The molecule has 118 valence electrons. The Morgan fingerprint density at radius 2 is 2.05 bits per heavy atom. The summed E-state index contributed by atoms with van der Waals surface area (Å²) in [6.07, 6.45) is 1.10. The molecule has 2 N–H and O–H groups in total. The zero-order chi connectivity index (χ0) is 16.3. The van der Waals surface area contributed by atoms with Gasteiger partial charge in [0.25, 0.3) is 0 Å². The summed E-state index contributed by atoms with van der Waals surface area (Å²) in [6.45, 7) is 1.86. The van der Waals surface area contributed by atoms with Crippen molar-refractivity contribution in [2.45, 2.75) is 17.9 Å². The van der Waals surface area contributed by atoms with E-state index in [1.54, 1.807) is 11.3 Å². The number of carbonyl (C=O) groups is 1. The van der Waals surface area contributed by atoms with Gasteiger partial charge in [0, 0.05) is 11.1 Å². The van der Waals surface area contributed by atoms with Gasteiger partial charge < -0.3 is 10.6 Å². The molecular formula is C14H15ClN2O3S2. The molecule has 0 aliphatic carbocycles. The topological polar surface area (TPSA) is 75.3 Å². The molecule has 0 saturated carbocycles. The highest BCUT2D eigenvalue weighted by molar-refractivity contribution is 7.90. The van der Waals surface area contributed by atoms with Crippen molar-refractivity contribution in [1.82, 2.24) is 5.32 Å². The van der Waals surface area contributed by atoms with Gasteiger partial charge in [-0.1, -0.05) is 17.7 Å². The van der Waals surface area contributed by atoms with E-state index in [4.69, 9.17) is 11.6 Å². The van der Waals surface area contributed by atoms with Crippen LogP contribution in [0.5, 0.6) is 0 Å². The first-order valence-corrected chi connectivity index (χ1v) is 9.53. The van der Waals surface area contributed by atoms with Crippen LogP contribution >= 0.6 is 22.9 Å². The van der Waals surface area contributed by atoms with Gasteiger partial charge >= 0.3 is 6.03 Å². The number of halogens is 1. The number of hydrogen-bond donors (Lipinski definition) is 2. The van der Waals surface area contributed by atoms with Gasteiger partial charge in [0.1, 0.15) is 0 Å². The summed E-state index contributed by atoms with van der Waals surface area (Å²) >= 11 is 7.53. The van der Waals surface area contributed by atoms with Gasteiger partial charge in [0.2, 0.25) is 0 Å². The number of hydrogen-bond acceptors (Lipinski definition) is 4. The minimum Gasteiger partial charge on any atom is -0.331 e. The van der Waals surface area contributed by atoms with E-state index in [0.29, 0.717) is 0 Å². The number of anilines is 1. The second-order valence-corrected chi connectivity index (χ2v) is 8.15. The van der Waals surface area contributed by atoms with Crippen LogP contribution in [0, 0.1) is 0 Å². The molecule has 0 aliphatic rings. The number of urea groups is 1. The molecule has 1 aromatic carbocycles. The zero-order valence-corrected chi connectivity index (χ0v) is 14.3. The second-order valence-electron chi connectivity index (χ2n) is 4.75. The number of rotatable bonds is 4. The van der Waals surface area contributed by atoms with Gasteiger partial charge in [-0.3, -0.25) is 0 Å². The third-order valence-corrected chi connectivity index (χ3v) is 5.43. The number of carbonyl (C=O) groups excluding carboxylic acids is 1. The molecule has 1 aromatic heterocycles. The lowest BCUT2D eigenvalue weighted by Crippen LogP contribution is -2.30. The average molecular weight is 359 g/mol. The zero-order valence-electron chi connectivity index (χ0n) is 12.0. The Kier molecular flexibility index (Phi) is 5.10. The Morgan fingerprint density at radius 1 is 1.32 bits per heavy atom. The van der Waals surface area contributed by atoms with E-state index in [1.165, 1.54) is 18.2 Å². The minimum absolute atomic E-state index is 0.0958. The lowest BCUT2D eigenvalue weighted by Gasteiger charge is -2.14. The molecule has 0 radical (unpaired) electrons. The van der Waals surface area contributed by atoms with Crippen LogP contribution in [0.1, 0.15) is 17.8 Å². The van der Waals surface area contributed by atoms with Crippen LogP contribution in [0.4, 0.5) is 10.5 Å². The maximum Gasteiger partial charge on any atom is 0.319 e. The van der Waals surface area contributed by atoms with Gasteiger partial charge in [-0.2, -0.15) is 0 Å². The average Bonchev–Trinajstić information content (AvgIpc) is 2.94. The fraction of sp³-hybridized carbons (Fsp3) is 0.214. The van der Waals surface area contributed by atoms with Crippen molar-refractivity contribution < 1.29 is 13.2 Å². The van der Waals surface area contributed by atoms with E-state index >= 15 is 0 Å². The Bertz CT molecular complexity index is 773. The van der Waals surface area contributed by atoms with Crippen LogP contribution < -0.4 is 10.6 Å². The molecule has 22 heavy (non-hydrogen) atoms. The normalized spacial score (nSPS) is 12.7. The molecule has 2 aromatic rings. The summed E-state index contributed by atoms with van der Waals surface area (Å²) in [5.41, 5.74) is 0.250. The first-order chi connectivity index (χ1) is 10.3. The van der Waals surface area contributed by atoms with Gasteiger partial charge in [-0.05, 0) is 36.6 Å². The summed E-state index contributed by atoms with van der Waals surface area (Å²) in [4.78, 5) is 13.1. The predicted molar refractivity (Wildman–Crippen MR) is 89.5 cm³/mol. The molecule has 1 heterocycles. The molecule has 5 nitrogen and oxygen atoms in total. The van der Waals surface area contributed by atoms with E-state index in [9.17, 15) is 13.2 Å². The van der Waals surface area contributed by atoms with Crippen molar-refractivity contribution in [3.05, 3.63) is 45.6 Å². The first kappa shape index (κ1) is 16.8. The van der Waals surface area contributed by atoms with Crippen LogP contribution in [0.2, 0.25) is 5.02 Å². The number of benzene rings is 1. The minimum atomic E-state index is -3.37. The summed E-state index contributed by atoms with van der Waals surface area (Å²) in [6, 6.07) is 7.40. The molecule has 0 bridgehead atoms. The van der Waals surface area contributed by atoms with Crippen LogP contribution in [0.15, 0.2) is 40.6 Å². The standard InChI is InChI=1S/C14H15ClN2O3S2/c1-9(13-4-3-7-21-13)16-14(18)17-12-8-10(22(2,19)20)5-6-11(12)15/h3-9H,1-2H3,(H2,16,17,18)/t9-/m1/s1. The molecule has 0 unspecified atom stereocenters. The molecule has 0 aliphatic heterocycles. The first-order valence-electron chi connectivity index (χ1n) is 6.38.